The van der Waals surface area contributed by atoms with Gasteiger partial charge in [-0.1, -0.05) is 30.3 Å². The Morgan fingerprint density at radius 3 is 2.64 bits per heavy atom. The van der Waals surface area contributed by atoms with Crippen LogP contribution >= 0.6 is 11.3 Å². The third kappa shape index (κ3) is 6.22. The van der Waals surface area contributed by atoms with Gasteiger partial charge in [-0.05, 0) is 12.5 Å². The molecule has 1 aromatic heterocycles. The highest BCUT2D eigenvalue weighted by Crippen LogP contribution is 2.17. The van der Waals surface area contributed by atoms with Crippen LogP contribution in [0.1, 0.15) is 23.0 Å². The zero-order valence-electron chi connectivity index (χ0n) is 13.5. The molecular weight excluding hydrogens is 346 g/mol. The van der Waals surface area contributed by atoms with Crippen LogP contribution in [0.3, 0.4) is 0 Å². The summed E-state index contributed by atoms with van der Waals surface area (Å²) in [4.78, 5) is 38.4. The highest BCUT2D eigenvalue weighted by Gasteiger charge is 2.15. The van der Waals surface area contributed by atoms with Gasteiger partial charge in [0, 0.05) is 11.9 Å². The maximum absolute atomic E-state index is 11.8. The summed E-state index contributed by atoms with van der Waals surface area (Å²) in [6, 6.07) is 9.74. The molecule has 2 rings (SSSR count). The fourth-order valence-electron chi connectivity index (χ4n) is 1.74. The first kappa shape index (κ1) is 18.4. The van der Waals surface area contributed by atoms with Crippen LogP contribution in [-0.4, -0.2) is 36.2 Å². The normalized spacial score (nSPS) is 9.96. The fourth-order valence-corrected chi connectivity index (χ4v) is 2.42. The number of ether oxygens (including phenoxy) is 2. The first-order valence-electron chi connectivity index (χ1n) is 7.45. The van der Waals surface area contributed by atoms with Crippen molar-refractivity contribution in [2.75, 3.05) is 18.5 Å². The van der Waals surface area contributed by atoms with Crippen LogP contribution in [-0.2, 0) is 20.8 Å². The maximum atomic E-state index is 11.8. The first-order valence-corrected chi connectivity index (χ1v) is 8.33. The SMILES string of the molecule is CCOC(=O)NC(=O)COC(=O)c1csc(NCc2ccccc2)n1. The van der Waals surface area contributed by atoms with Crippen LogP contribution in [0.5, 0.6) is 0 Å². The Bertz CT molecular complexity index is 732. The molecule has 2 N–H and O–H groups in total. The van der Waals surface area contributed by atoms with E-state index < -0.39 is 24.6 Å². The van der Waals surface area contributed by atoms with Crippen molar-refractivity contribution in [3.8, 4) is 0 Å². The van der Waals surface area contributed by atoms with E-state index in [9.17, 15) is 14.4 Å². The molecule has 1 aromatic carbocycles. The molecule has 2 aromatic rings. The average Bonchev–Trinajstić information content (AvgIpc) is 3.08. The Kier molecular flexibility index (Phi) is 6.90. The largest absolute Gasteiger partial charge is 0.451 e. The van der Waals surface area contributed by atoms with Gasteiger partial charge in [-0.2, -0.15) is 0 Å². The van der Waals surface area contributed by atoms with Crippen molar-refractivity contribution in [3.63, 3.8) is 0 Å². The van der Waals surface area contributed by atoms with E-state index in [1.807, 2.05) is 35.6 Å². The number of esters is 1. The molecule has 0 bridgehead atoms. The minimum Gasteiger partial charge on any atom is -0.451 e. The van der Waals surface area contributed by atoms with E-state index in [0.717, 1.165) is 5.56 Å². The van der Waals surface area contributed by atoms with Crippen LogP contribution in [0.4, 0.5) is 9.93 Å². The van der Waals surface area contributed by atoms with Gasteiger partial charge in [0.05, 0.1) is 6.61 Å². The second kappa shape index (κ2) is 9.38. The van der Waals surface area contributed by atoms with E-state index in [2.05, 4.69) is 15.0 Å². The molecule has 0 atom stereocenters. The topological polar surface area (TPSA) is 107 Å². The number of imide groups is 1. The summed E-state index contributed by atoms with van der Waals surface area (Å²) in [6.07, 6.45) is -0.885. The van der Waals surface area contributed by atoms with Crippen LogP contribution < -0.4 is 10.6 Å². The Balaban J connectivity index is 1.78. The lowest BCUT2D eigenvalue weighted by Crippen LogP contribution is -2.34. The predicted molar refractivity (Wildman–Crippen MR) is 91.3 cm³/mol. The van der Waals surface area contributed by atoms with Gasteiger partial charge in [0.15, 0.2) is 17.4 Å². The third-order valence-corrected chi connectivity index (χ3v) is 3.65. The van der Waals surface area contributed by atoms with Gasteiger partial charge in [0.25, 0.3) is 5.91 Å². The van der Waals surface area contributed by atoms with E-state index in [0.29, 0.717) is 11.7 Å². The van der Waals surface area contributed by atoms with Gasteiger partial charge in [0.1, 0.15) is 0 Å². The lowest BCUT2D eigenvalue weighted by Gasteiger charge is -2.04. The molecular formula is C16H17N3O5S. The maximum Gasteiger partial charge on any atom is 0.413 e. The van der Waals surface area contributed by atoms with Gasteiger partial charge in [-0.25, -0.2) is 14.6 Å². The summed E-state index contributed by atoms with van der Waals surface area (Å²) in [5.74, 6) is -1.52. The highest BCUT2D eigenvalue weighted by atomic mass is 32.1. The molecule has 132 valence electrons. The molecule has 0 aliphatic carbocycles. The fraction of sp³-hybridized carbons (Fsp3) is 0.250. The van der Waals surface area contributed by atoms with Crippen LogP contribution in [0.2, 0.25) is 0 Å². The summed E-state index contributed by atoms with van der Waals surface area (Å²) < 4.78 is 9.34. The number of benzene rings is 1. The summed E-state index contributed by atoms with van der Waals surface area (Å²) in [6.45, 7) is 1.72. The Hall–Kier alpha value is -2.94. The zero-order chi connectivity index (χ0) is 18.1. The lowest BCUT2D eigenvalue weighted by molar-refractivity contribution is -0.123. The number of rotatable bonds is 7. The zero-order valence-corrected chi connectivity index (χ0v) is 14.3. The van der Waals surface area contributed by atoms with E-state index in [1.165, 1.54) is 16.7 Å². The molecule has 0 unspecified atom stereocenters. The molecule has 1 heterocycles. The molecule has 0 saturated carbocycles. The number of thiazole rings is 1. The number of hydrogen-bond donors (Lipinski definition) is 2. The number of nitrogens with one attached hydrogen (secondary N) is 2. The minimum atomic E-state index is -0.885. The summed E-state index contributed by atoms with van der Waals surface area (Å²) in [5.41, 5.74) is 1.17. The molecule has 0 aliphatic heterocycles. The average molecular weight is 363 g/mol. The summed E-state index contributed by atoms with van der Waals surface area (Å²) in [5, 5.41) is 7.11. The number of carbonyl (C=O) groups is 3. The number of amides is 2. The molecule has 0 radical (unpaired) electrons. The molecule has 0 fully saturated rings. The van der Waals surface area contributed by atoms with Gasteiger partial charge >= 0.3 is 12.1 Å². The molecule has 0 aliphatic rings. The van der Waals surface area contributed by atoms with E-state index >= 15 is 0 Å². The molecule has 25 heavy (non-hydrogen) atoms. The molecule has 9 heteroatoms. The second-order valence-electron chi connectivity index (χ2n) is 4.72. The summed E-state index contributed by atoms with van der Waals surface area (Å²) in [7, 11) is 0. The van der Waals surface area contributed by atoms with Gasteiger partial charge in [0.2, 0.25) is 0 Å². The van der Waals surface area contributed by atoms with Crippen molar-refractivity contribution >= 4 is 34.4 Å². The van der Waals surface area contributed by atoms with Crippen molar-refractivity contribution in [1.29, 1.82) is 0 Å². The second-order valence-corrected chi connectivity index (χ2v) is 5.58. The molecule has 0 spiro atoms. The molecule has 8 nitrogen and oxygen atoms in total. The number of aromatic nitrogens is 1. The van der Waals surface area contributed by atoms with Gasteiger partial charge < -0.3 is 14.8 Å². The van der Waals surface area contributed by atoms with Crippen LogP contribution in [0.15, 0.2) is 35.7 Å². The van der Waals surface area contributed by atoms with Gasteiger partial charge in [-0.15, -0.1) is 11.3 Å². The number of alkyl carbamates (subject to hydrolysis) is 1. The van der Waals surface area contributed by atoms with Crippen LogP contribution in [0.25, 0.3) is 0 Å². The number of nitrogens with zero attached hydrogens (tertiary/aromatic N) is 1. The number of hydrogen-bond acceptors (Lipinski definition) is 8. The molecule has 0 saturated heterocycles. The lowest BCUT2D eigenvalue weighted by atomic mass is 10.2. The minimum absolute atomic E-state index is 0.0875. The first-order chi connectivity index (χ1) is 12.1. The van der Waals surface area contributed by atoms with Crippen molar-refractivity contribution in [3.05, 3.63) is 47.0 Å². The standard InChI is InChI=1S/C16H17N3O5S/c1-2-23-16(22)19-13(20)9-24-14(21)12-10-25-15(18-12)17-8-11-6-4-3-5-7-11/h3-7,10H,2,8-9H2,1H3,(H,17,18)(H,19,20,22). The highest BCUT2D eigenvalue weighted by molar-refractivity contribution is 7.13. The van der Waals surface area contributed by atoms with Crippen molar-refractivity contribution in [1.82, 2.24) is 10.3 Å². The van der Waals surface area contributed by atoms with Gasteiger partial charge in [-0.3, -0.25) is 10.1 Å². The number of carbonyl (C=O) groups excluding carboxylic acids is 3. The Labute approximate surface area is 148 Å². The van der Waals surface area contributed by atoms with E-state index in [4.69, 9.17) is 4.74 Å². The summed E-state index contributed by atoms with van der Waals surface area (Å²) >= 11 is 1.25. The van der Waals surface area contributed by atoms with E-state index in [1.54, 1.807) is 6.92 Å². The molecule has 2 amide bonds. The van der Waals surface area contributed by atoms with E-state index in [-0.39, 0.29) is 12.3 Å². The monoisotopic (exact) mass is 363 g/mol. The Morgan fingerprint density at radius 2 is 1.92 bits per heavy atom. The smallest absolute Gasteiger partial charge is 0.413 e. The predicted octanol–water partition coefficient (Wildman–Crippen LogP) is 2.18. The third-order valence-electron chi connectivity index (χ3n) is 2.85. The van der Waals surface area contributed by atoms with Crippen LogP contribution in [0, 0.1) is 0 Å². The quantitative estimate of drug-likeness (QED) is 0.726. The van der Waals surface area contributed by atoms with Crippen molar-refractivity contribution in [2.24, 2.45) is 0 Å². The van der Waals surface area contributed by atoms with Crippen molar-refractivity contribution < 1.29 is 23.9 Å². The number of anilines is 1. The van der Waals surface area contributed by atoms with Crippen molar-refractivity contribution in [2.45, 2.75) is 13.5 Å². The Morgan fingerprint density at radius 1 is 1.16 bits per heavy atom.